The molecule has 13 heteroatoms. The summed E-state index contributed by atoms with van der Waals surface area (Å²) >= 11 is 0. The predicted octanol–water partition coefficient (Wildman–Crippen LogP) is 3.63. The normalized spacial score (nSPS) is 18.4. The van der Waals surface area contributed by atoms with Crippen LogP contribution in [-0.2, 0) is 16.8 Å². The van der Waals surface area contributed by atoms with Gasteiger partial charge in [0.05, 0.1) is 54.1 Å². The SMILES string of the molecule is COc1ncc(-c2cc(C)c3c(n2)C(C)(C)N(c2cnn(CC(F)(F)F)c2)C3=O)cc1C(=O)N[C@@H]1CCOC1. The molecular formula is C26H27F3N6O4. The van der Waals surface area contributed by atoms with Crippen LogP contribution < -0.4 is 15.0 Å². The monoisotopic (exact) mass is 544 g/mol. The first-order valence-electron chi connectivity index (χ1n) is 12.3. The predicted molar refractivity (Wildman–Crippen MR) is 134 cm³/mol. The van der Waals surface area contributed by atoms with Gasteiger partial charge >= 0.3 is 6.18 Å². The topological polar surface area (TPSA) is 111 Å². The highest BCUT2D eigenvalue weighted by molar-refractivity contribution is 6.12. The van der Waals surface area contributed by atoms with Crippen LogP contribution in [0.2, 0.25) is 0 Å². The lowest BCUT2D eigenvalue weighted by Crippen LogP contribution is -2.39. The first-order chi connectivity index (χ1) is 18.4. The van der Waals surface area contributed by atoms with E-state index in [9.17, 15) is 22.8 Å². The van der Waals surface area contributed by atoms with Crippen LogP contribution in [0.25, 0.3) is 11.3 Å². The standard InChI is InChI=1S/C26H27F3N6O4/c1-14-7-19(15-8-18(23(38-4)30-9-15)22(36)32-16-5-6-39-12-16)33-21-20(14)24(37)35(25(21,2)3)17-10-31-34(11-17)13-26(27,28)29/h7-11,16H,5-6,12-13H2,1-4H3,(H,32,36)/t16-/m1/s1. The van der Waals surface area contributed by atoms with Crippen LogP contribution in [0.15, 0.2) is 30.7 Å². The number of carbonyl (C=O) groups excluding carboxylic acids is 2. The maximum absolute atomic E-state index is 13.5. The molecule has 2 aliphatic rings. The van der Waals surface area contributed by atoms with Gasteiger partial charge in [-0.3, -0.25) is 19.2 Å². The summed E-state index contributed by atoms with van der Waals surface area (Å²) < 4.78 is 50.0. The third-order valence-electron chi connectivity index (χ3n) is 6.84. The van der Waals surface area contributed by atoms with Gasteiger partial charge in [0.25, 0.3) is 11.8 Å². The molecule has 2 amide bonds. The quantitative estimate of drug-likeness (QED) is 0.505. The number of nitrogens with zero attached hydrogens (tertiary/aromatic N) is 5. The number of carbonyl (C=O) groups is 2. The van der Waals surface area contributed by atoms with Crippen molar-refractivity contribution >= 4 is 17.5 Å². The summed E-state index contributed by atoms with van der Waals surface area (Å²) in [5, 5.41) is 6.72. The minimum Gasteiger partial charge on any atom is -0.480 e. The smallest absolute Gasteiger partial charge is 0.408 e. The van der Waals surface area contributed by atoms with E-state index in [1.54, 1.807) is 32.9 Å². The molecule has 1 atom stereocenters. The number of aromatic nitrogens is 4. The maximum atomic E-state index is 13.5. The van der Waals surface area contributed by atoms with Crippen LogP contribution in [0.5, 0.6) is 5.88 Å². The Labute approximate surface area is 222 Å². The number of hydrogen-bond donors (Lipinski definition) is 1. The van der Waals surface area contributed by atoms with E-state index < -0.39 is 18.3 Å². The van der Waals surface area contributed by atoms with E-state index in [1.807, 2.05) is 0 Å². The number of anilines is 1. The summed E-state index contributed by atoms with van der Waals surface area (Å²) in [5.41, 5.74) is 1.93. The molecule has 0 bridgehead atoms. The number of rotatable bonds is 6. The Bertz CT molecular complexity index is 1450. The molecule has 0 unspecified atom stereocenters. The number of alkyl halides is 3. The Balaban J connectivity index is 1.50. The van der Waals surface area contributed by atoms with Gasteiger partial charge in [-0.25, -0.2) is 9.97 Å². The number of hydrogen-bond acceptors (Lipinski definition) is 7. The van der Waals surface area contributed by atoms with Crippen LogP contribution in [0.1, 0.15) is 52.2 Å². The molecule has 2 aliphatic heterocycles. The van der Waals surface area contributed by atoms with Crippen LogP contribution in [0, 0.1) is 6.92 Å². The second kappa shape index (κ2) is 9.63. The molecule has 0 spiro atoms. The fourth-order valence-electron chi connectivity index (χ4n) is 5.01. The number of pyridine rings is 2. The molecule has 0 aromatic carbocycles. The maximum Gasteiger partial charge on any atom is 0.408 e. The van der Waals surface area contributed by atoms with E-state index in [4.69, 9.17) is 14.5 Å². The summed E-state index contributed by atoms with van der Waals surface area (Å²) in [4.78, 5) is 37.0. The second-order valence-electron chi connectivity index (χ2n) is 10.1. The van der Waals surface area contributed by atoms with E-state index in [-0.39, 0.29) is 35.0 Å². The number of aryl methyl sites for hydroxylation is 1. The minimum atomic E-state index is -4.45. The Morgan fingerprint density at radius 2 is 2.05 bits per heavy atom. The third-order valence-corrected chi connectivity index (χ3v) is 6.84. The van der Waals surface area contributed by atoms with Crippen molar-refractivity contribution in [1.29, 1.82) is 0 Å². The van der Waals surface area contributed by atoms with Gasteiger partial charge < -0.3 is 14.8 Å². The van der Waals surface area contributed by atoms with Gasteiger partial charge in [0.1, 0.15) is 12.1 Å². The summed E-state index contributed by atoms with van der Waals surface area (Å²) in [6, 6.07) is 3.25. The number of halogens is 3. The molecule has 3 aromatic heterocycles. The fourth-order valence-corrected chi connectivity index (χ4v) is 5.01. The molecule has 1 fully saturated rings. The van der Waals surface area contributed by atoms with Crippen LogP contribution in [0.3, 0.4) is 0 Å². The summed E-state index contributed by atoms with van der Waals surface area (Å²) in [5.74, 6) is -0.581. The highest BCUT2D eigenvalue weighted by atomic mass is 19.4. The molecule has 5 rings (SSSR count). The number of fused-ring (bicyclic) bond motifs is 1. The zero-order valence-electron chi connectivity index (χ0n) is 21.8. The van der Waals surface area contributed by atoms with Gasteiger partial charge in [-0.15, -0.1) is 0 Å². The molecule has 1 saturated heterocycles. The van der Waals surface area contributed by atoms with Crippen LogP contribution in [-0.4, -0.2) is 64.1 Å². The lowest BCUT2D eigenvalue weighted by Gasteiger charge is -2.30. The van der Waals surface area contributed by atoms with Crippen molar-refractivity contribution in [2.45, 2.75) is 51.5 Å². The van der Waals surface area contributed by atoms with Gasteiger partial charge in [0.15, 0.2) is 0 Å². The fraction of sp³-hybridized carbons (Fsp3) is 0.423. The molecule has 1 N–H and O–H groups in total. The Morgan fingerprint density at radius 1 is 1.28 bits per heavy atom. The Morgan fingerprint density at radius 3 is 2.72 bits per heavy atom. The highest BCUT2D eigenvalue weighted by Crippen LogP contribution is 2.43. The summed E-state index contributed by atoms with van der Waals surface area (Å²) in [6.45, 7) is 5.04. The zero-order chi connectivity index (χ0) is 28.1. The number of ether oxygens (including phenoxy) is 2. The molecule has 0 saturated carbocycles. The van der Waals surface area contributed by atoms with E-state index in [0.717, 1.165) is 4.68 Å². The van der Waals surface area contributed by atoms with Crippen molar-refractivity contribution in [2.24, 2.45) is 0 Å². The average Bonchev–Trinajstić information content (AvgIpc) is 3.57. The molecule has 0 radical (unpaired) electrons. The molecule has 0 aliphatic carbocycles. The largest absolute Gasteiger partial charge is 0.480 e. The summed E-state index contributed by atoms with van der Waals surface area (Å²) in [7, 11) is 1.43. The van der Waals surface area contributed by atoms with E-state index >= 15 is 0 Å². The zero-order valence-corrected chi connectivity index (χ0v) is 21.8. The van der Waals surface area contributed by atoms with Crippen LogP contribution >= 0.6 is 0 Å². The summed E-state index contributed by atoms with van der Waals surface area (Å²) in [6.07, 6.45) is 0.230. The highest BCUT2D eigenvalue weighted by Gasteiger charge is 2.47. The Kier molecular flexibility index (Phi) is 6.57. The van der Waals surface area contributed by atoms with Crippen molar-refractivity contribution in [3.63, 3.8) is 0 Å². The second-order valence-corrected chi connectivity index (χ2v) is 10.1. The van der Waals surface area contributed by atoms with E-state index in [2.05, 4.69) is 15.4 Å². The number of amides is 2. The van der Waals surface area contributed by atoms with Crippen molar-refractivity contribution in [3.05, 3.63) is 53.1 Å². The van der Waals surface area contributed by atoms with E-state index in [0.29, 0.717) is 47.7 Å². The van der Waals surface area contributed by atoms with Gasteiger partial charge in [0, 0.05) is 24.6 Å². The molecule has 5 heterocycles. The Hall–Kier alpha value is -4.00. The molecular weight excluding hydrogens is 517 g/mol. The van der Waals surface area contributed by atoms with Gasteiger partial charge in [-0.2, -0.15) is 18.3 Å². The van der Waals surface area contributed by atoms with Gasteiger partial charge in [-0.1, -0.05) is 0 Å². The van der Waals surface area contributed by atoms with Crippen LogP contribution in [0.4, 0.5) is 18.9 Å². The van der Waals surface area contributed by atoms with Crippen molar-refractivity contribution in [3.8, 4) is 17.1 Å². The lowest BCUT2D eigenvalue weighted by atomic mass is 9.96. The van der Waals surface area contributed by atoms with Crippen molar-refractivity contribution in [1.82, 2.24) is 25.1 Å². The first-order valence-corrected chi connectivity index (χ1v) is 12.3. The number of methoxy groups -OCH3 is 1. The van der Waals surface area contributed by atoms with Gasteiger partial charge in [0.2, 0.25) is 5.88 Å². The molecule has 206 valence electrons. The molecule has 3 aromatic rings. The minimum absolute atomic E-state index is 0.107. The average molecular weight is 545 g/mol. The number of nitrogens with one attached hydrogen (secondary N) is 1. The van der Waals surface area contributed by atoms with E-state index in [1.165, 1.54) is 30.6 Å². The lowest BCUT2D eigenvalue weighted by molar-refractivity contribution is -0.142. The van der Waals surface area contributed by atoms with Crippen molar-refractivity contribution in [2.75, 3.05) is 25.2 Å². The van der Waals surface area contributed by atoms with Gasteiger partial charge in [-0.05, 0) is 44.9 Å². The first kappa shape index (κ1) is 26.6. The molecule has 10 nitrogen and oxygen atoms in total. The third kappa shape index (κ3) is 4.93. The van der Waals surface area contributed by atoms with Crippen molar-refractivity contribution < 1.29 is 32.2 Å². The molecule has 39 heavy (non-hydrogen) atoms.